The maximum atomic E-state index is 3.64. The lowest BCUT2D eigenvalue weighted by Crippen LogP contribution is -2.29. The summed E-state index contributed by atoms with van der Waals surface area (Å²) in [6.07, 6.45) is 5.35. The number of benzene rings is 1. The van der Waals surface area contributed by atoms with E-state index in [1.54, 1.807) is 0 Å². The fourth-order valence-electron chi connectivity index (χ4n) is 2.59. The second-order valence-corrected chi connectivity index (χ2v) is 6.34. The molecular weight excluding hydrogens is 342 g/mol. The maximum Gasteiger partial charge on any atom is 0.0247 e. The number of hydrogen-bond donors (Lipinski definition) is 0. The summed E-state index contributed by atoms with van der Waals surface area (Å²) in [5.41, 5.74) is 1.42. The minimum absolute atomic E-state index is 0.791. The second-order valence-electron chi connectivity index (χ2n) is 4.69. The number of halogens is 2. The van der Waals surface area contributed by atoms with Crippen molar-refractivity contribution < 1.29 is 0 Å². The standard InChI is InChI=1S/C14H19Br2N/c15-9-3-6-13-7-4-10-17(13)11-12-5-1-2-8-14(12)16/h1-2,5,8,13H,3-4,6-7,9-11H2. The van der Waals surface area contributed by atoms with Crippen LogP contribution in [0.15, 0.2) is 28.7 Å². The normalized spacial score (nSPS) is 20.9. The highest BCUT2D eigenvalue weighted by Gasteiger charge is 2.24. The van der Waals surface area contributed by atoms with Gasteiger partial charge < -0.3 is 0 Å². The highest BCUT2D eigenvalue weighted by molar-refractivity contribution is 9.10. The van der Waals surface area contributed by atoms with Crippen LogP contribution in [0.2, 0.25) is 0 Å². The molecule has 0 amide bonds. The summed E-state index contributed by atoms with van der Waals surface area (Å²) in [6.45, 7) is 2.35. The van der Waals surface area contributed by atoms with E-state index in [9.17, 15) is 0 Å². The molecule has 1 fully saturated rings. The van der Waals surface area contributed by atoms with Gasteiger partial charge in [0.25, 0.3) is 0 Å². The van der Waals surface area contributed by atoms with Crippen LogP contribution in [0.25, 0.3) is 0 Å². The molecule has 3 heteroatoms. The van der Waals surface area contributed by atoms with E-state index in [0.29, 0.717) is 0 Å². The van der Waals surface area contributed by atoms with E-state index in [-0.39, 0.29) is 0 Å². The molecule has 0 aliphatic carbocycles. The zero-order valence-electron chi connectivity index (χ0n) is 10.0. The third-order valence-electron chi connectivity index (χ3n) is 3.50. The molecule has 0 bridgehead atoms. The highest BCUT2D eigenvalue weighted by atomic mass is 79.9. The van der Waals surface area contributed by atoms with Gasteiger partial charge in [-0.1, -0.05) is 50.1 Å². The Hall–Kier alpha value is 0.140. The average molecular weight is 361 g/mol. The highest BCUT2D eigenvalue weighted by Crippen LogP contribution is 2.26. The number of likely N-dealkylation sites (tertiary alicyclic amines) is 1. The van der Waals surface area contributed by atoms with Crippen LogP contribution in [-0.2, 0) is 6.54 Å². The van der Waals surface area contributed by atoms with E-state index < -0.39 is 0 Å². The third-order valence-corrected chi connectivity index (χ3v) is 4.84. The largest absolute Gasteiger partial charge is 0.296 e. The molecule has 1 aliphatic rings. The number of alkyl halides is 1. The Morgan fingerprint density at radius 2 is 2.12 bits per heavy atom. The minimum Gasteiger partial charge on any atom is -0.296 e. The maximum absolute atomic E-state index is 3.64. The van der Waals surface area contributed by atoms with Gasteiger partial charge >= 0.3 is 0 Å². The fraction of sp³-hybridized carbons (Fsp3) is 0.571. The Balaban J connectivity index is 1.95. The topological polar surface area (TPSA) is 3.24 Å². The molecule has 1 aliphatic heterocycles. The molecule has 1 nitrogen and oxygen atoms in total. The van der Waals surface area contributed by atoms with Crippen molar-refractivity contribution in [2.75, 3.05) is 11.9 Å². The molecule has 1 aromatic rings. The van der Waals surface area contributed by atoms with Crippen LogP contribution < -0.4 is 0 Å². The second kappa shape index (κ2) is 6.91. The van der Waals surface area contributed by atoms with Gasteiger partial charge in [-0.2, -0.15) is 0 Å². The molecule has 1 unspecified atom stereocenters. The van der Waals surface area contributed by atoms with Gasteiger partial charge in [-0.3, -0.25) is 4.90 Å². The number of rotatable bonds is 5. The molecule has 0 spiro atoms. The Bertz CT molecular complexity index is 354. The molecule has 1 aromatic carbocycles. The quantitative estimate of drug-likeness (QED) is 0.694. The monoisotopic (exact) mass is 359 g/mol. The smallest absolute Gasteiger partial charge is 0.0247 e. The van der Waals surface area contributed by atoms with E-state index in [4.69, 9.17) is 0 Å². The van der Waals surface area contributed by atoms with Crippen molar-refractivity contribution in [2.24, 2.45) is 0 Å². The van der Waals surface area contributed by atoms with Gasteiger partial charge in [-0.15, -0.1) is 0 Å². The predicted molar refractivity (Wildman–Crippen MR) is 80.6 cm³/mol. The molecular formula is C14H19Br2N. The number of hydrogen-bond acceptors (Lipinski definition) is 1. The molecule has 94 valence electrons. The lowest BCUT2D eigenvalue weighted by atomic mass is 10.1. The van der Waals surface area contributed by atoms with Crippen LogP contribution in [-0.4, -0.2) is 22.8 Å². The molecule has 0 radical (unpaired) electrons. The van der Waals surface area contributed by atoms with Crippen LogP contribution in [0.1, 0.15) is 31.2 Å². The van der Waals surface area contributed by atoms with E-state index in [2.05, 4.69) is 61.0 Å². The van der Waals surface area contributed by atoms with Crippen molar-refractivity contribution >= 4 is 31.9 Å². The van der Waals surface area contributed by atoms with Crippen molar-refractivity contribution in [1.82, 2.24) is 4.90 Å². The van der Waals surface area contributed by atoms with Gasteiger partial charge in [-0.05, 0) is 43.9 Å². The molecule has 17 heavy (non-hydrogen) atoms. The van der Waals surface area contributed by atoms with Gasteiger partial charge in [0.05, 0.1) is 0 Å². The van der Waals surface area contributed by atoms with Crippen molar-refractivity contribution in [3.8, 4) is 0 Å². The summed E-state index contributed by atoms with van der Waals surface area (Å²) in [7, 11) is 0. The Kier molecular flexibility index (Phi) is 5.51. The molecule has 0 saturated carbocycles. The van der Waals surface area contributed by atoms with E-state index in [1.165, 1.54) is 42.3 Å². The molecule has 0 N–H and O–H groups in total. The average Bonchev–Trinajstić information content (AvgIpc) is 2.77. The first kappa shape index (κ1) is 13.6. The van der Waals surface area contributed by atoms with E-state index in [1.807, 2.05) is 0 Å². The third kappa shape index (κ3) is 3.80. The first-order valence-electron chi connectivity index (χ1n) is 6.34. The molecule has 1 atom stereocenters. The zero-order chi connectivity index (χ0) is 12.1. The van der Waals surface area contributed by atoms with Gasteiger partial charge in [0.15, 0.2) is 0 Å². The summed E-state index contributed by atoms with van der Waals surface area (Å²) >= 11 is 7.17. The predicted octanol–water partition coefficient (Wildman–Crippen LogP) is 4.59. The van der Waals surface area contributed by atoms with Crippen LogP contribution in [0, 0.1) is 0 Å². The van der Waals surface area contributed by atoms with Gasteiger partial charge in [0, 0.05) is 22.4 Å². The van der Waals surface area contributed by atoms with Gasteiger partial charge in [0.2, 0.25) is 0 Å². The van der Waals surface area contributed by atoms with Gasteiger partial charge in [0.1, 0.15) is 0 Å². The first-order chi connectivity index (χ1) is 8.31. The molecule has 1 heterocycles. The lowest BCUT2D eigenvalue weighted by molar-refractivity contribution is 0.233. The summed E-state index contributed by atoms with van der Waals surface area (Å²) in [5, 5.41) is 1.13. The van der Waals surface area contributed by atoms with Crippen molar-refractivity contribution in [3.05, 3.63) is 34.3 Å². The van der Waals surface area contributed by atoms with Crippen molar-refractivity contribution in [1.29, 1.82) is 0 Å². The van der Waals surface area contributed by atoms with E-state index >= 15 is 0 Å². The number of nitrogens with zero attached hydrogens (tertiary/aromatic N) is 1. The van der Waals surface area contributed by atoms with Gasteiger partial charge in [-0.25, -0.2) is 0 Å². The minimum atomic E-state index is 0.791. The summed E-state index contributed by atoms with van der Waals surface area (Å²) in [5.74, 6) is 0. The lowest BCUT2D eigenvalue weighted by Gasteiger charge is -2.24. The van der Waals surface area contributed by atoms with Crippen molar-refractivity contribution in [2.45, 2.75) is 38.3 Å². The molecule has 0 aromatic heterocycles. The zero-order valence-corrected chi connectivity index (χ0v) is 13.2. The van der Waals surface area contributed by atoms with Crippen LogP contribution in [0.3, 0.4) is 0 Å². The summed E-state index contributed by atoms with van der Waals surface area (Å²) in [4.78, 5) is 2.64. The summed E-state index contributed by atoms with van der Waals surface area (Å²) in [6, 6.07) is 9.37. The van der Waals surface area contributed by atoms with Crippen molar-refractivity contribution in [3.63, 3.8) is 0 Å². The van der Waals surface area contributed by atoms with E-state index in [0.717, 1.165) is 17.9 Å². The summed E-state index contributed by atoms with van der Waals surface area (Å²) < 4.78 is 1.24. The Morgan fingerprint density at radius 3 is 2.88 bits per heavy atom. The Morgan fingerprint density at radius 1 is 1.29 bits per heavy atom. The van der Waals surface area contributed by atoms with Crippen LogP contribution in [0.4, 0.5) is 0 Å². The first-order valence-corrected chi connectivity index (χ1v) is 8.26. The SMILES string of the molecule is BrCCCC1CCCN1Cc1ccccc1Br. The molecule has 1 saturated heterocycles. The van der Waals surface area contributed by atoms with Crippen LogP contribution >= 0.6 is 31.9 Å². The Labute approximate surface area is 121 Å². The fourth-order valence-corrected chi connectivity index (χ4v) is 3.32. The van der Waals surface area contributed by atoms with Crippen LogP contribution in [0.5, 0.6) is 0 Å². The molecule has 2 rings (SSSR count).